The van der Waals surface area contributed by atoms with Gasteiger partial charge in [-0.3, -0.25) is 0 Å². The number of hydrogen-bond donors (Lipinski definition) is 1. The minimum Gasteiger partial charge on any atom is -0.311 e. The Balaban J connectivity index is 1.87. The summed E-state index contributed by atoms with van der Waals surface area (Å²) in [6.45, 7) is 1.07. The van der Waals surface area contributed by atoms with Crippen LogP contribution in [0.4, 0.5) is 4.39 Å². The van der Waals surface area contributed by atoms with Gasteiger partial charge in [0.15, 0.2) is 0 Å². The Hall–Kier alpha value is -0.600. The van der Waals surface area contributed by atoms with Gasteiger partial charge in [-0.1, -0.05) is 23.7 Å². The van der Waals surface area contributed by atoms with Gasteiger partial charge in [0.05, 0.1) is 5.02 Å². The summed E-state index contributed by atoms with van der Waals surface area (Å²) in [5.74, 6) is 0.506. The molecule has 3 heteroatoms. The first kappa shape index (κ1) is 11.5. The molecule has 3 rings (SSSR count). The zero-order valence-corrected chi connectivity index (χ0v) is 10.6. The minimum absolute atomic E-state index is 0.144. The molecule has 0 aromatic heterocycles. The molecule has 1 aromatic carbocycles. The van der Waals surface area contributed by atoms with Gasteiger partial charge < -0.3 is 5.32 Å². The molecule has 92 valence electrons. The van der Waals surface area contributed by atoms with E-state index in [1.54, 1.807) is 6.07 Å². The summed E-state index contributed by atoms with van der Waals surface area (Å²) in [4.78, 5) is 0. The normalized spacial score (nSPS) is 28.6. The number of rotatable bonds is 3. The van der Waals surface area contributed by atoms with Gasteiger partial charge in [0.25, 0.3) is 0 Å². The van der Waals surface area contributed by atoms with Gasteiger partial charge in [-0.15, -0.1) is 0 Å². The van der Waals surface area contributed by atoms with Crippen LogP contribution in [-0.2, 0) is 6.42 Å². The molecule has 1 aromatic rings. The Morgan fingerprint density at radius 2 is 2.24 bits per heavy atom. The lowest BCUT2D eigenvalue weighted by Gasteiger charge is -2.30. The van der Waals surface area contributed by atoms with Crippen LogP contribution < -0.4 is 5.32 Å². The predicted octanol–water partition coefficient (Wildman–Crippen LogP) is 3.55. The van der Waals surface area contributed by atoms with E-state index in [-0.39, 0.29) is 16.4 Å². The third-order valence-electron chi connectivity index (χ3n) is 4.17. The fourth-order valence-electron chi connectivity index (χ4n) is 3.13. The fraction of sp³-hybridized carbons (Fsp3) is 0.571. The van der Waals surface area contributed by atoms with Crippen molar-refractivity contribution in [3.63, 3.8) is 0 Å². The van der Waals surface area contributed by atoms with Crippen LogP contribution in [0.3, 0.4) is 0 Å². The van der Waals surface area contributed by atoms with Gasteiger partial charge in [0.2, 0.25) is 0 Å². The second-order valence-electron chi connectivity index (χ2n) is 5.35. The molecular weight excluding hydrogens is 237 g/mol. The maximum absolute atomic E-state index is 13.9. The first-order chi connectivity index (χ1) is 8.21. The molecule has 0 bridgehead atoms. The lowest BCUT2D eigenvalue weighted by atomic mass is 9.84. The van der Waals surface area contributed by atoms with Crippen LogP contribution >= 0.6 is 11.6 Å². The average Bonchev–Trinajstić information content (AvgIpc) is 3.08. The topological polar surface area (TPSA) is 12.0 Å². The van der Waals surface area contributed by atoms with E-state index in [1.807, 2.05) is 12.1 Å². The quantitative estimate of drug-likeness (QED) is 0.869. The maximum atomic E-state index is 13.9. The van der Waals surface area contributed by atoms with Gasteiger partial charge in [-0.2, -0.15) is 0 Å². The van der Waals surface area contributed by atoms with Crippen LogP contribution in [0.2, 0.25) is 5.02 Å². The maximum Gasteiger partial charge on any atom is 0.145 e. The number of halogens is 2. The molecule has 0 spiro atoms. The zero-order valence-electron chi connectivity index (χ0n) is 9.81. The first-order valence-corrected chi connectivity index (χ1v) is 6.77. The molecule has 0 radical (unpaired) electrons. The van der Waals surface area contributed by atoms with E-state index >= 15 is 0 Å². The van der Waals surface area contributed by atoms with Crippen molar-refractivity contribution in [2.75, 3.05) is 6.54 Å². The molecule has 1 nitrogen and oxygen atoms in total. The monoisotopic (exact) mass is 253 g/mol. The average molecular weight is 254 g/mol. The van der Waals surface area contributed by atoms with E-state index in [4.69, 9.17) is 11.6 Å². The molecule has 1 aliphatic heterocycles. The van der Waals surface area contributed by atoms with Gasteiger partial charge in [0.1, 0.15) is 5.82 Å². The molecule has 1 saturated carbocycles. The SMILES string of the molecule is Fc1c(Cl)cccc1CC1(C2CC2)CCCN1. The standard InChI is InChI=1S/C14H17ClFN/c15-12-4-1-3-10(13(12)16)9-14(11-5-6-11)7-2-8-17-14/h1,3-4,11,17H,2,5-9H2. The summed E-state index contributed by atoms with van der Waals surface area (Å²) in [5, 5.41) is 3.86. The Morgan fingerprint density at radius 1 is 1.41 bits per heavy atom. The largest absolute Gasteiger partial charge is 0.311 e. The van der Waals surface area contributed by atoms with E-state index in [1.165, 1.54) is 25.7 Å². The predicted molar refractivity (Wildman–Crippen MR) is 67.8 cm³/mol. The van der Waals surface area contributed by atoms with Crippen molar-refractivity contribution in [1.29, 1.82) is 0 Å². The second-order valence-corrected chi connectivity index (χ2v) is 5.76. The molecule has 1 N–H and O–H groups in total. The first-order valence-electron chi connectivity index (χ1n) is 6.39. The van der Waals surface area contributed by atoms with Crippen molar-refractivity contribution >= 4 is 11.6 Å². The van der Waals surface area contributed by atoms with Crippen LogP contribution in [0.1, 0.15) is 31.2 Å². The molecule has 1 unspecified atom stereocenters. The van der Waals surface area contributed by atoms with Crippen LogP contribution in [0.5, 0.6) is 0 Å². The highest BCUT2D eigenvalue weighted by atomic mass is 35.5. The zero-order chi connectivity index (χ0) is 11.9. The van der Waals surface area contributed by atoms with Crippen molar-refractivity contribution in [1.82, 2.24) is 5.32 Å². The summed E-state index contributed by atoms with van der Waals surface area (Å²) >= 11 is 5.84. The molecule has 1 saturated heterocycles. The van der Waals surface area contributed by atoms with Crippen molar-refractivity contribution < 1.29 is 4.39 Å². The second kappa shape index (κ2) is 4.25. The van der Waals surface area contributed by atoms with Crippen LogP contribution in [-0.4, -0.2) is 12.1 Å². The molecule has 0 amide bonds. The van der Waals surface area contributed by atoms with Gasteiger partial charge in [0, 0.05) is 5.54 Å². The van der Waals surface area contributed by atoms with E-state index in [2.05, 4.69) is 5.32 Å². The third-order valence-corrected chi connectivity index (χ3v) is 4.46. The van der Waals surface area contributed by atoms with Crippen molar-refractivity contribution in [3.05, 3.63) is 34.6 Å². The van der Waals surface area contributed by atoms with Gasteiger partial charge >= 0.3 is 0 Å². The Bertz CT molecular complexity index is 422. The summed E-state index contributed by atoms with van der Waals surface area (Å²) in [6.07, 6.45) is 5.73. The lowest BCUT2D eigenvalue weighted by molar-refractivity contribution is 0.319. The molecule has 1 atom stereocenters. The number of nitrogens with one attached hydrogen (secondary N) is 1. The van der Waals surface area contributed by atoms with Crippen LogP contribution in [0, 0.1) is 11.7 Å². The number of hydrogen-bond acceptors (Lipinski definition) is 1. The number of benzene rings is 1. The highest BCUT2D eigenvalue weighted by Gasteiger charge is 2.46. The summed E-state index contributed by atoms with van der Waals surface area (Å²) in [6, 6.07) is 5.33. The van der Waals surface area contributed by atoms with E-state index in [0.29, 0.717) is 0 Å². The molecular formula is C14H17ClFN. The van der Waals surface area contributed by atoms with E-state index in [0.717, 1.165) is 24.4 Å². The van der Waals surface area contributed by atoms with E-state index < -0.39 is 0 Å². The highest BCUT2D eigenvalue weighted by Crippen LogP contribution is 2.46. The summed E-state index contributed by atoms with van der Waals surface area (Å²) in [7, 11) is 0. The fourth-order valence-corrected chi connectivity index (χ4v) is 3.33. The van der Waals surface area contributed by atoms with Crippen LogP contribution in [0.25, 0.3) is 0 Å². The summed E-state index contributed by atoms with van der Waals surface area (Å²) < 4.78 is 13.9. The molecule has 2 fully saturated rings. The Morgan fingerprint density at radius 3 is 2.88 bits per heavy atom. The third kappa shape index (κ3) is 2.09. The van der Waals surface area contributed by atoms with Crippen molar-refractivity contribution in [2.24, 2.45) is 5.92 Å². The molecule has 1 heterocycles. The molecule has 1 aliphatic carbocycles. The van der Waals surface area contributed by atoms with E-state index in [9.17, 15) is 4.39 Å². The molecule has 2 aliphatic rings. The Kier molecular flexibility index (Phi) is 2.87. The van der Waals surface area contributed by atoms with Crippen molar-refractivity contribution in [2.45, 2.75) is 37.6 Å². The lowest BCUT2D eigenvalue weighted by Crippen LogP contribution is -2.44. The highest BCUT2D eigenvalue weighted by molar-refractivity contribution is 6.30. The van der Waals surface area contributed by atoms with Gasteiger partial charge in [-0.25, -0.2) is 4.39 Å². The summed E-state index contributed by atoms with van der Waals surface area (Å²) in [5.41, 5.74) is 0.907. The smallest absolute Gasteiger partial charge is 0.145 e. The minimum atomic E-state index is -0.233. The van der Waals surface area contributed by atoms with Crippen molar-refractivity contribution in [3.8, 4) is 0 Å². The van der Waals surface area contributed by atoms with Crippen LogP contribution in [0.15, 0.2) is 18.2 Å². The molecule has 17 heavy (non-hydrogen) atoms. The Labute approximate surface area is 106 Å². The van der Waals surface area contributed by atoms with Gasteiger partial charge in [-0.05, 0) is 56.2 Å².